The molecule has 1 aromatic rings. The minimum Gasteiger partial charge on any atom is -0.379 e. The summed E-state index contributed by atoms with van der Waals surface area (Å²) in [5, 5.41) is 9.23. The summed E-state index contributed by atoms with van der Waals surface area (Å²) in [4.78, 5) is 5.06. The van der Waals surface area contributed by atoms with Gasteiger partial charge in [0.15, 0.2) is 0 Å². The molecule has 2 heterocycles. The van der Waals surface area contributed by atoms with Gasteiger partial charge in [0.05, 0.1) is 24.8 Å². The molecule has 0 saturated carbocycles. The Hall–Kier alpha value is -1.41. The van der Waals surface area contributed by atoms with Crippen molar-refractivity contribution in [2.75, 3.05) is 45.9 Å². The van der Waals surface area contributed by atoms with E-state index in [2.05, 4.69) is 21.9 Å². The first-order chi connectivity index (χ1) is 10.8. The van der Waals surface area contributed by atoms with Crippen molar-refractivity contribution in [2.45, 2.75) is 19.4 Å². The smallest absolute Gasteiger partial charge is 0.0995 e. The van der Waals surface area contributed by atoms with Crippen LogP contribution < -0.4 is 0 Å². The average molecular weight is 299 g/mol. The highest BCUT2D eigenvalue weighted by atomic mass is 16.5. The summed E-state index contributed by atoms with van der Waals surface area (Å²) in [6.45, 7) is 8.32. The zero-order valence-corrected chi connectivity index (χ0v) is 13.2. The van der Waals surface area contributed by atoms with Gasteiger partial charge in [-0.3, -0.25) is 9.80 Å². The summed E-state index contributed by atoms with van der Waals surface area (Å²) < 4.78 is 5.43. The Labute approximate surface area is 133 Å². The van der Waals surface area contributed by atoms with Gasteiger partial charge in [0.25, 0.3) is 0 Å². The summed E-state index contributed by atoms with van der Waals surface area (Å²) >= 11 is 0. The SMILES string of the molecule is N#Cc1ccccc1CN1CCCC(CN2CCOCC2)C1. The third-order valence-corrected chi connectivity index (χ3v) is 4.75. The highest BCUT2D eigenvalue weighted by Crippen LogP contribution is 2.21. The summed E-state index contributed by atoms with van der Waals surface area (Å²) in [7, 11) is 0. The highest BCUT2D eigenvalue weighted by Gasteiger charge is 2.23. The fraction of sp³-hybridized carbons (Fsp3) is 0.611. The lowest BCUT2D eigenvalue weighted by Crippen LogP contribution is -2.44. The Morgan fingerprint density at radius 2 is 1.95 bits per heavy atom. The molecule has 4 heteroatoms. The maximum absolute atomic E-state index is 9.23. The molecule has 0 bridgehead atoms. The molecule has 1 aromatic carbocycles. The van der Waals surface area contributed by atoms with E-state index < -0.39 is 0 Å². The number of hydrogen-bond donors (Lipinski definition) is 0. The average Bonchev–Trinajstić information content (AvgIpc) is 2.57. The number of piperidine rings is 1. The van der Waals surface area contributed by atoms with Crippen molar-refractivity contribution >= 4 is 0 Å². The molecule has 2 fully saturated rings. The van der Waals surface area contributed by atoms with Crippen molar-refractivity contribution in [3.63, 3.8) is 0 Å². The van der Waals surface area contributed by atoms with E-state index in [0.29, 0.717) is 0 Å². The molecular weight excluding hydrogens is 274 g/mol. The van der Waals surface area contributed by atoms with E-state index in [4.69, 9.17) is 4.74 Å². The lowest BCUT2D eigenvalue weighted by molar-refractivity contribution is 0.0224. The minimum absolute atomic E-state index is 0.751. The summed E-state index contributed by atoms with van der Waals surface area (Å²) in [5.74, 6) is 0.751. The number of morpholine rings is 1. The summed E-state index contributed by atoms with van der Waals surface area (Å²) in [6.07, 6.45) is 2.59. The van der Waals surface area contributed by atoms with Crippen LogP contribution in [0.15, 0.2) is 24.3 Å². The van der Waals surface area contributed by atoms with Gasteiger partial charge >= 0.3 is 0 Å². The van der Waals surface area contributed by atoms with E-state index in [1.165, 1.54) is 19.4 Å². The molecule has 1 unspecified atom stereocenters. The van der Waals surface area contributed by atoms with E-state index in [-0.39, 0.29) is 0 Å². The van der Waals surface area contributed by atoms with Crippen LogP contribution >= 0.6 is 0 Å². The Morgan fingerprint density at radius 1 is 1.14 bits per heavy atom. The molecule has 22 heavy (non-hydrogen) atoms. The third-order valence-electron chi connectivity index (χ3n) is 4.75. The van der Waals surface area contributed by atoms with Crippen LogP contribution in [0.3, 0.4) is 0 Å². The fourth-order valence-corrected chi connectivity index (χ4v) is 3.60. The maximum Gasteiger partial charge on any atom is 0.0995 e. The number of nitrogens with zero attached hydrogens (tertiary/aromatic N) is 3. The maximum atomic E-state index is 9.23. The van der Waals surface area contributed by atoms with Gasteiger partial charge < -0.3 is 4.74 Å². The third kappa shape index (κ3) is 4.07. The van der Waals surface area contributed by atoms with Crippen molar-refractivity contribution < 1.29 is 4.74 Å². The van der Waals surface area contributed by atoms with Crippen LogP contribution in [0.5, 0.6) is 0 Å². The molecule has 2 aliphatic heterocycles. The van der Waals surface area contributed by atoms with Crippen LogP contribution in [-0.2, 0) is 11.3 Å². The zero-order valence-electron chi connectivity index (χ0n) is 13.2. The second-order valence-corrected chi connectivity index (χ2v) is 6.43. The van der Waals surface area contributed by atoms with Crippen molar-refractivity contribution in [3.05, 3.63) is 35.4 Å². The standard InChI is InChI=1S/C18H25N3O/c19-12-17-5-1-2-6-18(17)15-21-7-3-4-16(14-21)13-20-8-10-22-11-9-20/h1-2,5-6,16H,3-4,7-11,13-15H2. The number of nitriles is 1. The second kappa shape index (κ2) is 7.73. The van der Waals surface area contributed by atoms with E-state index in [1.807, 2.05) is 18.2 Å². The van der Waals surface area contributed by atoms with Crippen molar-refractivity contribution in [1.82, 2.24) is 9.80 Å². The molecule has 0 aliphatic carbocycles. The lowest BCUT2D eigenvalue weighted by Gasteiger charge is -2.36. The minimum atomic E-state index is 0.751. The van der Waals surface area contributed by atoms with Crippen molar-refractivity contribution in [3.8, 4) is 6.07 Å². The van der Waals surface area contributed by atoms with Gasteiger partial charge in [-0.05, 0) is 36.9 Å². The normalized spacial score (nSPS) is 24.0. The Kier molecular flexibility index (Phi) is 5.44. The first kappa shape index (κ1) is 15.5. The van der Waals surface area contributed by atoms with Crippen molar-refractivity contribution in [2.24, 2.45) is 5.92 Å². The van der Waals surface area contributed by atoms with E-state index >= 15 is 0 Å². The molecule has 0 N–H and O–H groups in total. The topological polar surface area (TPSA) is 39.5 Å². The molecule has 4 nitrogen and oxygen atoms in total. The molecule has 1 atom stereocenters. The Bertz CT molecular complexity index is 519. The Morgan fingerprint density at radius 3 is 2.77 bits per heavy atom. The Balaban J connectivity index is 1.55. The monoisotopic (exact) mass is 299 g/mol. The highest BCUT2D eigenvalue weighted by molar-refractivity contribution is 5.37. The van der Waals surface area contributed by atoms with Gasteiger partial charge in [-0.25, -0.2) is 0 Å². The van der Waals surface area contributed by atoms with E-state index in [1.54, 1.807) is 0 Å². The number of hydrogen-bond acceptors (Lipinski definition) is 4. The molecule has 0 aromatic heterocycles. The van der Waals surface area contributed by atoms with Gasteiger partial charge in [0.2, 0.25) is 0 Å². The number of benzene rings is 1. The van der Waals surface area contributed by atoms with Crippen LogP contribution in [0, 0.1) is 17.2 Å². The van der Waals surface area contributed by atoms with Gasteiger partial charge in [-0.2, -0.15) is 5.26 Å². The quantitative estimate of drug-likeness (QED) is 0.853. The van der Waals surface area contributed by atoms with Gasteiger partial charge in [-0.15, -0.1) is 0 Å². The number of ether oxygens (including phenoxy) is 1. The number of rotatable bonds is 4. The first-order valence-corrected chi connectivity index (χ1v) is 8.35. The molecule has 3 rings (SSSR count). The van der Waals surface area contributed by atoms with Crippen LogP contribution in [0.4, 0.5) is 0 Å². The summed E-state index contributed by atoms with van der Waals surface area (Å²) in [5.41, 5.74) is 1.98. The first-order valence-electron chi connectivity index (χ1n) is 8.35. The fourth-order valence-electron chi connectivity index (χ4n) is 3.60. The van der Waals surface area contributed by atoms with E-state index in [9.17, 15) is 5.26 Å². The van der Waals surface area contributed by atoms with Crippen LogP contribution in [0.1, 0.15) is 24.0 Å². The van der Waals surface area contributed by atoms with Crippen LogP contribution in [0.25, 0.3) is 0 Å². The molecule has 2 saturated heterocycles. The molecular formula is C18H25N3O. The van der Waals surface area contributed by atoms with Gasteiger partial charge in [0, 0.05) is 32.7 Å². The molecule has 0 spiro atoms. The predicted octanol–water partition coefficient (Wildman–Crippen LogP) is 2.10. The van der Waals surface area contributed by atoms with Crippen molar-refractivity contribution in [1.29, 1.82) is 5.26 Å². The summed E-state index contributed by atoms with van der Waals surface area (Å²) in [6, 6.07) is 10.3. The predicted molar refractivity (Wildman–Crippen MR) is 86.4 cm³/mol. The van der Waals surface area contributed by atoms with Gasteiger partial charge in [0.1, 0.15) is 0 Å². The van der Waals surface area contributed by atoms with Gasteiger partial charge in [-0.1, -0.05) is 18.2 Å². The molecule has 2 aliphatic rings. The largest absolute Gasteiger partial charge is 0.379 e. The number of likely N-dealkylation sites (tertiary alicyclic amines) is 1. The second-order valence-electron chi connectivity index (χ2n) is 6.43. The molecule has 118 valence electrons. The molecule has 0 amide bonds. The zero-order chi connectivity index (χ0) is 15.2. The van der Waals surface area contributed by atoms with Crippen LogP contribution in [-0.4, -0.2) is 55.7 Å². The van der Waals surface area contributed by atoms with E-state index in [0.717, 1.165) is 63.0 Å². The lowest BCUT2D eigenvalue weighted by atomic mass is 9.96. The molecule has 0 radical (unpaired) electrons. The van der Waals surface area contributed by atoms with Crippen LogP contribution in [0.2, 0.25) is 0 Å².